The van der Waals surface area contributed by atoms with Gasteiger partial charge in [-0.1, -0.05) is 11.6 Å². The topological polar surface area (TPSA) is 124 Å². The maximum Gasteiger partial charge on any atom is 0.348 e. The number of benzene rings is 1. The molecule has 1 fully saturated rings. The number of rotatable bonds is 3. The predicted octanol–water partition coefficient (Wildman–Crippen LogP) is 0.197. The SMILES string of the molecule is O=C(OC1(C(=O)O)C[C@@H](O)C(O)[C@H](O)C1)c1ccc(Cl)cc1. The van der Waals surface area contributed by atoms with Crippen LogP contribution in [0.15, 0.2) is 24.3 Å². The summed E-state index contributed by atoms with van der Waals surface area (Å²) in [4.78, 5) is 23.6. The van der Waals surface area contributed by atoms with Crippen molar-refractivity contribution in [2.75, 3.05) is 0 Å². The molecule has 2 rings (SSSR count). The lowest BCUT2D eigenvalue weighted by atomic mass is 9.79. The van der Waals surface area contributed by atoms with Gasteiger partial charge in [0, 0.05) is 17.9 Å². The molecule has 1 aromatic rings. The highest BCUT2D eigenvalue weighted by Gasteiger charge is 2.52. The largest absolute Gasteiger partial charge is 0.478 e. The highest BCUT2D eigenvalue weighted by Crippen LogP contribution is 2.33. The van der Waals surface area contributed by atoms with Crippen molar-refractivity contribution in [1.82, 2.24) is 0 Å². The minimum absolute atomic E-state index is 0.0835. The van der Waals surface area contributed by atoms with Crippen LogP contribution in [-0.2, 0) is 9.53 Å². The molecule has 0 aromatic heterocycles. The van der Waals surface area contributed by atoms with Gasteiger partial charge in [0.15, 0.2) is 0 Å². The average Bonchev–Trinajstić information content (AvgIpc) is 2.45. The number of esters is 1. The summed E-state index contributed by atoms with van der Waals surface area (Å²) in [5.74, 6) is -2.42. The van der Waals surface area contributed by atoms with Crippen molar-refractivity contribution in [3.05, 3.63) is 34.9 Å². The van der Waals surface area contributed by atoms with Gasteiger partial charge in [-0.2, -0.15) is 0 Å². The summed E-state index contributed by atoms with van der Waals surface area (Å²) < 4.78 is 5.04. The molecule has 0 unspecified atom stereocenters. The van der Waals surface area contributed by atoms with Crippen LogP contribution in [0.3, 0.4) is 0 Å². The van der Waals surface area contributed by atoms with E-state index in [1.54, 1.807) is 0 Å². The first-order chi connectivity index (χ1) is 10.2. The molecule has 8 heteroatoms. The quantitative estimate of drug-likeness (QED) is 0.583. The Labute approximate surface area is 130 Å². The summed E-state index contributed by atoms with van der Waals surface area (Å²) in [6, 6.07) is 5.62. The molecule has 7 nitrogen and oxygen atoms in total. The summed E-state index contributed by atoms with van der Waals surface area (Å²) in [5.41, 5.74) is -2.02. The van der Waals surface area contributed by atoms with Crippen molar-refractivity contribution in [2.24, 2.45) is 0 Å². The fourth-order valence-corrected chi connectivity index (χ4v) is 2.51. The summed E-state index contributed by atoms with van der Waals surface area (Å²) in [6.07, 6.45) is -5.54. The number of carbonyl (C=O) groups is 2. The lowest BCUT2D eigenvalue weighted by Gasteiger charge is -2.40. The first kappa shape index (κ1) is 16.7. The van der Waals surface area contributed by atoms with Crippen molar-refractivity contribution in [3.63, 3.8) is 0 Å². The minimum Gasteiger partial charge on any atom is -0.478 e. The molecular weight excluding hydrogens is 316 g/mol. The van der Waals surface area contributed by atoms with Crippen molar-refractivity contribution in [2.45, 2.75) is 36.8 Å². The molecule has 22 heavy (non-hydrogen) atoms. The highest BCUT2D eigenvalue weighted by molar-refractivity contribution is 6.30. The van der Waals surface area contributed by atoms with Gasteiger partial charge in [0.1, 0.15) is 6.10 Å². The smallest absolute Gasteiger partial charge is 0.348 e. The number of aliphatic hydroxyl groups excluding tert-OH is 3. The number of ether oxygens (including phenoxy) is 1. The van der Waals surface area contributed by atoms with Gasteiger partial charge in [-0.3, -0.25) is 0 Å². The third-order valence-electron chi connectivity index (χ3n) is 3.62. The molecule has 0 aliphatic heterocycles. The van der Waals surface area contributed by atoms with Gasteiger partial charge in [0.05, 0.1) is 17.8 Å². The Morgan fingerprint density at radius 1 is 1.09 bits per heavy atom. The van der Waals surface area contributed by atoms with E-state index in [2.05, 4.69) is 0 Å². The Balaban J connectivity index is 2.24. The predicted molar refractivity (Wildman–Crippen MR) is 74.5 cm³/mol. The fraction of sp³-hybridized carbons (Fsp3) is 0.429. The molecule has 1 saturated carbocycles. The van der Waals surface area contributed by atoms with Crippen LogP contribution in [0, 0.1) is 0 Å². The third-order valence-corrected chi connectivity index (χ3v) is 3.88. The van der Waals surface area contributed by atoms with Crippen LogP contribution < -0.4 is 0 Å². The summed E-state index contributed by atoms with van der Waals surface area (Å²) in [6.45, 7) is 0. The normalized spacial score (nSPS) is 31.5. The summed E-state index contributed by atoms with van der Waals surface area (Å²) >= 11 is 5.70. The molecule has 0 spiro atoms. The van der Waals surface area contributed by atoms with Crippen LogP contribution in [0.5, 0.6) is 0 Å². The first-order valence-corrected chi connectivity index (χ1v) is 6.89. The van der Waals surface area contributed by atoms with E-state index >= 15 is 0 Å². The molecule has 1 aromatic carbocycles. The standard InChI is InChI=1S/C14H15ClO7/c15-8-3-1-7(2-4-8)12(19)22-14(13(20)21)5-9(16)11(18)10(17)6-14/h1-4,9-11,16-18H,5-6H2,(H,20,21)/t9-,10-,11?,14?/m1/s1. The van der Waals surface area contributed by atoms with Gasteiger partial charge < -0.3 is 25.2 Å². The number of hydrogen-bond donors (Lipinski definition) is 4. The van der Waals surface area contributed by atoms with Crippen molar-refractivity contribution in [1.29, 1.82) is 0 Å². The number of carbonyl (C=O) groups excluding carboxylic acids is 1. The molecule has 120 valence electrons. The Hall–Kier alpha value is -1.67. The molecular formula is C14H15ClO7. The lowest BCUT2D eigenvalue weighted by Crippen LogP contribution is -2.58. The second-order valence-corrected chi connectivity index (χ2v) is 5.67. The molecule has 0 amide bonds. The molecule has 1 aliphatic carbocycles. The molecule has 1 aliphatic rings. The van der Waals surface area contributed by atoms with Crippen molar-refractivity contribution in [3.8, 4) is 0 Å². The monoisotopic (exact) mass is 330 g/mol. The first-order valence-electron chi connectivity index (χ1n) is 6.52. The summed E-state index contributed by atoms with van der Waals surface area (Å²) in [5, 5.41) is 38.6. The number of halogens is 1. The van der Waals surface area contributed by atoms with E-state index in [0.717, 1.165) is 0 Å². The Bertz CT molecular complexity index is 559. The van der Waals surface area contributed by atoms with Crippen molar-refractivity contribution >= 4 is 23.5 Å². The third kappa shape index (κ3) is 3.22. The van der Waals surface area contributed by atoms with Gasteiger partial charge in [0.2, 0.25) is 5.60 Å². The van der Waals surface area contributed by atoms with Crippen LogP contribution in [0.1, 0.15) is 23.2 Å². The number of carboxylic acids is 1. The lowest BCUT2D eigenvalue weighted by molar-refractivity contribution is -0.187. The van der Waals surface area contributed by atoms with Crippen molar-refractivity contribution < 1.29 is 34.8 Å². The van der Waals surface area contributed by atoms with Crippen LogP contribution in [0.4, 0.5) is 0 Å². The van der Waals surface area contributed by atoms with Gasteiger partial charge in [-0.05, 0) is 24.3 Å². The maximum atomic E-state index is 12.1. The van der Waals surface area contributed by atoms with Gasteiger partial charge in [0.25, 0.3) is 0 Å². The maximum absolute atomic E-state index is 12.1. The van der Waals surface area contributed by atoms with E-state index in [1.165, 1.54) is 24.3 Å². The molecule has 2 atom stereocenters. The van der Waals surface area contributed by atoms with E-state index in [0.29, 0.717) is 5.02 Å². The fourth-order valence-electron chi connectivity index (χ4n) is 2.38. The number of aliphatic hydroxyl groups is 3. The molecule has 0 heterocycles. The molecule has 0 bridgehead atoms. The Morgan fingerprint density at radius 3 is 2.05 bits per heavy atom. The highest BCUT2D eigenvalue weighted by atomic mass is 35.5. The number of aliphatic carboxylic acids is 1. The van der Waals surface area contributed by atoms with Gasteiger partial charge >= 0.3 is 11.9 Å². The van der Waals surface area contributed by atoms with E-state index in [-0.39, 0.29) is 5.56 Å². The van der Waals surface area contributed by atoms with E-state index in [4.69, 9.17) is 16.3 Å². The number of carboxylic acid groups (broad SMARTS) is 1. The second kappa shape index (κ2) is 6.21. The van der Waals surface area contributed by atoms with Crippen LogP contribution in [0.2, 0.25) is 5.02 Å². The summed E-state index contributed by atoms with van der Waals surface area (Å²) in [7, 11) is 0. The zero-order valence-electron chi connectivity index (χ0n) is 11.3. The number of hydrogen-bond acceptors (Lipinski definition) is 6. The van der Waals surface area contributed by atoms with E-state index in [1.807, 2.05) is 0 Å². The average molecular weight is 331 g/mol. The zero-order valence-corrected chi connectivity index (χ0v) is 12.1. The minimum atomic E-state index is -2.10. The Kier molecular flexibility index (Phi) is 4.72. The molecule has 4 N–H and O–H groups in total. The van der Waals surface area contributed by atoms with Gasteiger partial charge in [-0.15, -0.1) is 0 Å². The van der Waals surface area contributed by atoms with Crippen LogP contribution in [-0.4, -0.2) is 56.3 Å². The van der Waals surface area contributed by atoms with Gasteiger partial charge in [-0.25, -0.2) is 9.59 Å². The second-order valence-electron chi connectivity index (χ2n) is 5.23. The zero-order chi connectivity index (χ0) is 16.5. The molecule has 0 saturated heterocycles. The van der Waals surface area contributed by atoms with Crippen LogP contribution >= 0.6 is 11.6 Å². The van der Waals surface area contributed by atoms with E-state index in [9.17, 15) is 30.0 Å². The Morgan fingerprint density at radius 2 is 1.59 bits per heavy atom. The van der Waals surface area contributed by atoms with Crippen LogP contribution in [0.25, 0.3) is 0 Å². The molecule has 0 radical (unpaired) electrons. The van der Waals surface area contributed by atoms with E-state index < -0.39 is 48.7 Å².